The molecule has 13 heavy (non-hydrogen) atoms. The van der Waals surface area contributed by atoms with Crippen LogP contribution in [0, 0.1) is 5.92 Å². The molecule has 0 radical (unpaired) electrons. The Labute approximate surface area is 79.0 Å². The minimum Gasteiger partial charge on any atom is -0.348 e. The van der Waals surface area contributed by atoms with Crippen LogP contribution in [0.15, 0.2) is 6.33 Å². The quantitative estimate of drug-likeness (QED) is 0.688. The van der Waals surface area contributed by atoms with Gasteiger partial charge in [0.2, 0.25) is 0 Å². The highest BCUT2D eigenvalue weighted by atomic mass is 15.0. The highest BCUT2D eigenvalue weighted by molar-refractivity contribution is 5.20. The van der Waals surface area contributed by atoms with Gasteiger partial charge in [0.15, 0.2) is 0 Å². The molecule has 3 nitrogen and oxygen atoms in total. The number of nitrogens with one attached hydrogen (secondary N) is 2. The van der Waals surface area contributed by atoms with E-state index in [-0.39, 0.29) is 0 Å². The number of aromatic nitrogens is 2. The summed E-state index contributed by atoms with van der Waals surface area (Å²) in [5.74, 6) is 0.602. The highest BCUT2D eigenvalue weighted by Crippen LogP contribution is 2.27. The predicted molar refractivity (Wildman–Crippen MR) is 52.5 cm³/mol. The van der Waals surface area contributed by atoms with Crippen molar-refractivity contribution in [3.63, 3.8) is 0 Å². The molecule has 0 saturated carbocycles. The third-order valence-electron chi connectivity index (χ3n) is 2.69. The van der Waals surface area contributed by atoms with E-state index in [0.717, 1.165) is 6.42 Å². The van der Waals surface area contributed by atoms with Gasteiger partial charge in [0.05, 0.1) is 18.1 Å². The van der Waals surface area contributed by atoms with Crippen molar-refractivity contribution in [3.8, 4) is 0 Å². The van der Waals surface area contributed by atoms with E-state index in [1.165, 1.54) is 11.4 Å². The first-order valence-electron chi connectivity index (χ1n) is 4.96. The molecule has 0 fully saturated rings. The predicted octanol–water partition coefficient (Wildman–Crippen LogP) is 1.64. The van der Waals surface area contributed by atoms with E-state index in [0.29, 0.717) is 18.0 Å². The van der Waals surface area contributed by atoms with E-state index in [4.69, 9.17) is 0 Å². The summed E-state index contributed by atoms with van der Waals surface area (Å²) in [6.07, 6.45) is 2.87. The van der Waals surface area contributed by atoms with Crippen molar-refractivity contribution >= 4 is 0 Å². The number of hydrogen-bond donors (Lipinski definition) is 2. The first kappa shape index (κ1) is 8.75. The molecule has 0 saturated heterocycles. The van der Waals surface area contributed by atoms with Crippen molar-refractivity contribution in [2.45, 2.75) is 39.3 Å². The molecule has 2 heterocycles. The van der Waals surface area contributed by atoms with Gasteiger partial charge < -0.3 is 10.3 Å². The Morgan fingerprint density at radius 1 is 1.54 bits per heavy atom. The van der Waals surface area contributed by atoms with Gasteiger partial charge in [-0.2, -0.15) is 0 Å². The molecule has 72 valence electrons. The van der Waals surface area contributed by atoms with Gasteiger partial charge >= 0.3 is 0 Å². The summed E-state index contributed by atoms with van der Waals surface area (Å²) in [6, 6.07) is 0.977. The molecule has 0 unspecified atom stereocenters. The summed E-state index contributed by atoms with van der Waals surface area (Å²) < 4.78 is 0. The number of H-pyrrole nitrogens is 1. The molecule has 0 aromatic carbocycles. The maximum absolute atomic E-state index is 4.38. The van der Waals surface area contributed by atoms with Crippen molar-refractivity contribution in [1.82, 2.24) is 15.3 Å². The Hall–Kier alpha value is -0.830. The number of fused-ring (bicyclic) bond motifs is 1. The molecule has 0 spiro atoms. The molecular formula is C10H17N3. The summed E-state index contributed by atoms with van der Waals surface area (Å²) >= 11 is 0. The second kappa shape index (κ2) is 3.14. The summed E-state index contributed by atoms with van der Waals surface area (Å²) in [5.41, 5.74) is 2.53. The van der Waals surface area contributed by atoms with E-state index in [1.807, 2.05) is 0 Å². The molecule has 1 aliphatic rings. The summed E-state index contributed by atoms with van der Waals surface area (Å²) in [7, 11) is 0. The molecule has 2 atom stereocenters. The Morgan fingerprint density at radius 2 is 2.31 bits per heavy atom. The lowest BCUT2D eigenvalue weighted by Crippen LogP contribution is -2.39. The van der Waals surface area contributed by atoms with Crippen molar-refractivity contribution < 1.29 is 0 Å². The van der Waals surface area contributed by atoms with E-state index >= 15 is 0 Å². The Morgan fingerprint density at radius 3 is 3.00 bits per heavy atom. The molecule has 1 aliphatic heterocycles. The SMILES string of the molecule is CC(C)[C@@H]1N[C@@H](C)Cc2[nH]cnc21. The van der Waals surface area contributed by atoms with E-state index in [2.05, 4.69) is 36.1 Å². The minimum absolute atomic E-state index is 0.421. The fourth-order valence-corrected chi connectivity index (χ4v) is 2.02. The van der Waals surface area contributed by atoms with Gasteiger partial charge in [-0.05, 0) is 12.8 Å². The highest BCUT2D eigenvalue weighted by Gasteiger charge is 2.27. The monoisotopic (exact) mass is 179 g/mol. The standard InChI is InChI=1S/C10H17N3/c1-6(2)9-10-8(11-5-12-10)4-7(3)13-9/h5-7,9,13H,4H2,1-3H3,(H,11,12)/t7-,9-/m0/s1. The average molecular weight is 179 g/mol. The van der Waals surface area contributed by atoms with Crippen LogP contribution in [-0.2, 0) is 6.42 Å². The molecule has 3 heteroatoms. The zero-order valence-electron chi connectivity index (χ0n) is 8.46. The van der Waals surface area contributed by atoms with Crippen LogP contribution in [0.4, 0.5) is 0 Å². The molecule has 0 aliphatic carbocycles. The van der Waals surface area contributed by atoms with Crippen molar-refractivity contribution in [2.75, 3.05) is 0 Å². The van der Waals surface area contributed by atoms with Crippen LogP contribution in [-0.4, -0.2) is 16.0 Å². The van der Waals surface area contributed by atoms with Gasteiger partial charge in [-0.15, -0.1) is 0 Å². The van der Waals surface area contributed by atoms with Gasteiger partial charge in [-0.1, -0.05) is 13.8 Å². The van der Waals surface area contributed by atoms with Crippen LogP contribution >= 0.6 is 0 Å². The van der Waals surface area contributed by atoms with Crippen LogP contribution in [0.25, 0.3) is 0 Å². The van der Waals surface area contributed by atoms with E-state index in [9.17, 15) is 0 Å². The Kier molecular flexibility index (Phi) is 2.12. The van der Waals surface area contributed by atoms with Gasteiger partial charge in [0.1, 0.15) is 0 Å². The third kappa shape index (κ3) is 1.48. The van der Waals surface area contributed by atoms with E-state index < -0.39 is 0 Å². The topological polar surface area (TPSA) is 40.7 Å². The lowest BCUT2D eigenvalue weighted by Gasteiger charge is -2.30. The first-order valence-corrected chi connectivity index (χ1v) is 4.96. The summed E-state index contributed by atoms with van der Waals surface area (Å²) in [4.78, 5) is 7.60. The molecule has 1 aromatic heterocycles. The molecule has 0 bridgehead atoms. The van der Waals surface area contributed by atoms with E-state index in [1.54, 1.807) is 6.33 Å². The molecule has 0 amide bonds. The fraction of sp³-hybridized carbons (Fsp3) is 0.700. The Bertz CT molecular complexity index is 290. The van der Waals surface area contributed by atoms with Crippen molar-refractivity contribution in [1.29, 1.82) is 0 Å². The van der Waals surface area contributed by atoms with Crippen LogP contribution in [0.2, 0.25) is 0 Å². The van der Waals surface area contributed by atoms with Crippen molar-refractivity contribution in [3.05, 3.63) is 17.7 Å². The second-order valence-electron chi connectivity index (χ2n) is 4.26. The second-order valence-corrected chi connectivity index (χ2v) is 4.26. The smallest absolute Gasteiger partial charge is 0.0925 e. The zero-order chi connectivity index (χ0) is 9.42. The fourth-order valence-electron chi connectivity index (χ4n) is 2.02. The largest absolute Gasteiger partial charge is 0.348 e. The molecule has 2 rings (SSSR count). The average Bonchev–Trinajstić information content (AvgIpc) is 2.49. The van der Waals surface area contributed by atoms with Crippen LogP contribution in [0.5, 0.6) is 0 Å². The normalized spacial score (nSPS) is 27.7. The van der Waals surface area contributed by atoms with Crippen molar-refractivity contribution in [2.24, 2.45) is 5.92 Å². The zero-order valence-corrected chi connectivity index (χ0v) is 8.46. The minimum atomic E-state index is 0.421. The van der Waals surface area contributed by atoms with Gasteiger partial charge in [-0.25, -0.2) is 4.98 Å². The van der Waals surface area contributed by atoms with Crippen LogP contribution in [0.3, 0.4) is 0 Å². The number of aromatic amines is 1. The van der Waals surface area contributed by atoms with Gasteiger partial charge in [0.25, 0.3) is 0 Å². The first-order chi connectivity index (χ1) is 6.18. The number of rotatable bonds is 1. The van der Waals surface area contributed by atoms with Gasteiger partial charge in [-0.3, -0.25) is 0 Å². The Balaban J connectivity index is 2.32. The van der Waals surface area contributed by atoms with Crippen LogP contribution < -0.4 is 5.32 Å². The molecule has 2 N–H and O–H groups in total. The third-order valence-corrected chi connectivity index (χ3v) is 2.69. The van der Waals surface area contributed by atoms with Crippen LogP contribution in [0.1, 0.15) is 38.2 Å². The molecule has 1 aromatic rings. The lowest BCUT2D eigenvalue weighted by molar-refractivity contribution is 0.338. The number of nitrogens with zero attached hydrogens (tertiary/aromatic N) is 1. The molecular weight excluding hydrogens is 162 g/mol. The maximum Gasteiger partial charge on any atom is 0.0925 e. The number of imidazole rings is 1. The lowest BCUT2D eigenvalue weighted by atomic mass is 9.92. The van der Waals surface area contributed by atoms with Gasteiger partial charge in [0, 0.05) is 18.2 Å². The maximum atomic E-state index is 4.38. The summed E-state index contributed by atoms with van der Waals surface area (Å²) in [5, 5.41) is 3.58. The summed E-state index contributed by atoms with van der Waals surface area (Å²) in [6.45, 7) is 6.68. The number of hydrogen-bond acceptors (Lipinski definition) is 2.